The van der Waals surface area contributed by atoms with Crippen molar-refractivity contribution in [3.8, 4) is 5.75 Å². The zero-order valence-electron chi connectivity index (χ0n) is 10.6. The molecule has 1 unspecified atom stereocenters. The van der Waals surface area contributed by atoms with Gasteiger partial charge >= 0.3 is 0 Å². The standard InChI is InChI=1S/C15H17NO2/c1-11-4-3-5-12(10-11)15(17)16-13-6-8-14(18-2)9-7-13/h3-10,15-17H,1-2H3. The maximum Gasteiger partial charge on any atom is 0.150 e. The van der Waals surface area contributed by atoms with Crippen LogP contribution in [0.25, 0.3) is 0 Å². The summed E-state index contributed by atoms with van der Waals surface area (Å²) in [6.07, 6.45) is -0.710. The molecular formula is C15H17NO2. The number of aliphatic hydroxyl groups excluding tert-OH is 1. The highest BCUT2D eigenvalue weighted by Crippen LogP contribution is 2.20. The fraction of sp³-hybridized carbons (Fsp3) is 0.200. The predicted molar refractivity (Wildman–Crippen MR) is 72.8 cm³/mol. The minimum absolute atomic E-state index is 0.710. The third kappa shape index (κ3) is 3.02. The monoisotopic (exact) mass is 243 g/mol. The summed E-state index contributed by atoms with van der Waals surface area (Å²) in [6, 6.07) is 15.2. The number of anilines is 1. The van der Waals surface area contributed by atoms with Gasteiger partial charge in [-0.25, -0.2) is 0 Å². The van der Waals surface area contributed by atoms with Crippen LogP contribution in [-0.2, 0) is 0 Å². The van der Waals surface area contributed by atoms with E-state index in [1.807, 2.05) is 55.5 Å². The first-order valence-electron chi connectivity index (χ1n) is 5.84. The molecule has 0 aliphatic rings. The third-order valence-electron chi connectivity index (χ3n) is 2.75. The molecule has 0 aromatic heterocycles. The molecule has 0 fully saturated rings. The largest absolute Gasteiger partial charge is 0.497 e. The fourth-order valence-electron chi connectivity index (χ4n) is 1.77. The molecule has 2 rings (SSSR count). The van der Waals surface area contributed by atoms with Crippen molar-refractivity contribution >= 4 is 5.69 Å². The molecule has 3 nitrogen and oxygen atoms in total. The minimum atomic E-state index is -0.710. The highest BCUT2D eigenvalue weighted by molar-refractivity contribution is 5.47. The Labute approximate surface area is 107 Å². The second-order valence-electron chi connectivity index (χ2n) is 4.19. The van der Waals surface area contributed by atoms with Crippen LogP contribution in [0, 0.1) is 6.92 Å². The van der Waals surface area contributed by atoms with Gasteiger partial charge in [0.1, 0.15) is 5.75 Å². The summed E-state index contributed by atoms with van der Waals surface area (Å²) in [7, 11) is 1.63. The van der Waals surface area contributed by atoms with E-state index in [0.717, 1.165) is 22.6 Å². The lowest BCUT2D eigenvalue weighted by Gasteiger charge is -2.15. The second-order valence-corrected chi connectivity index (χ2v) is 4.19. The number of aliphatic hydroxyl groups is 1. The molecule has 3 heteroatoms. The van der Waals surface area contributed by atoms with Gasteiger partial charge in [-0.05, 0) is 31.2 Å². The van der Waals surface area contributed by atoms with Crippen LogP contribution in [0.1, 0.15) is 17.4 Å². The van der Waals surface area contributed by atoms with E-state index in [1.54, 1.807) is 7.11 Å². The Morgan fingerprint density at radius 3 is 2.44 bits per heavy atom. The molecule has 0 heterocycles. The topological polar surface area (TPSA) is 41.5 Å². The Balaban J connectivity index is 2.08. The summed E-state index contributed by atoms with van der Waals surface area (Å²) in [5.41, 5.74) is 2.83. The maximum atomic E-state index is 10.1. The number of hydrogen-bond donors (Lipinski definition) is 2. The molecule has 0 spiro atoms. The van der Waals surface area contributed by atoms with Crippen LogP contribution in [0.3, 0.4) is 0 Å². The molecule has 0 aliphatic heterocycles. The van der Waals surface area contributed by atoms with Gasteiger partial charge in [0.15, 0.2) is 6.23 Å². The first-order valence-corrected chi connectivity index (χ1v) is 5.84. The van der Waals surface area contributed by atoms with Gasteiger partial charge in [-0.1, -0.05) is 29.8 Å². The lowest BCUT2D eigenvalue weighted by Crippen LogP contribution is -2.09. The van der Waals surface area contributed by atoms with Gasteiger partial charge in [-0.3, -0.25) is 0 Å². The summed E-state index contributed by atoms with van der Waals surface area (Å²) in [5.74, 6) is 0.797. The molecule has 0 aliphatic carbocycles. The van der Waals surface area contributed by atoms with E-state index in [2.05, 4.69) is 5.32 Å². The Kier molecular flexibility index (Phi) is 3.85. The van der Waals surface area contributed by atoms with E-state index in [9.17, 15) is 5.11 Å². The van der Waals surface area contributed by atoms with Gasteiger partial charge in [-0.15, -0.1) is 0 Å². The average Bonchev–Trinajstić information content (AvgIpc) is 2.39. The molecule has 2 aromatic rings. The number of ether oxygens (including phenoxy) is 1. The first kappa shape index (κ1) is 12.5. The molecule has 2 aromatic carbocycles. The normalized spacial score (nSPS) is 11.9. The Hall–Kier alpha value is -2.00. The van der Waals surface area contributed by atoms with E-state index < -0.39 is 6.23 Å². The number of aryl methyl sites for hydroxylation is 1. The van der Waals surface area contributed by atoms with Crippen molar-refractivity contribution < 1.29 is 9.84 Å². The van der Waals surface area contributed by atoms with E-state index in [1.165, 1.54) is 0 Å². The van der Waals surface area contributed by atoms with E-state index in [0.29, 0.717) is 0 Å². The molecule has 94 valence electrons. The van der Waals surface area contributed by atoms with Gasteiger partial charge in [0, 0.05) is 11.3 Å². The van der Waals surface area contributed by atoms with Crippen LogP contribution in [0.5, 0.6) is 5.75 Å². The van der Waals surface area contributed by atoms with Gasteiger partial charge in [-0.2, -0.15) is 0 Å². The number of rotatable bonds is 4. The molecule has 0 radical (unpaired) electrons. The molecule has 0 saturated heterocycles. The minimum Gasteiger partial charge on any atom is -0.497 e. The van der Waals surface area contributed by atoms with Crippen LogP contribution >= 0.6 is 0 Å². The quantitative estimate of drug-likeness (QED) is 0.811. The van der Waals surface area contributed by atoms with Crippen LogP contribution in [0.2, 0.25) is 0 Å². The highest BCUT2D eigenvalue weighted by Gasteiger charge is 2.06. The molecule has 0 bridgehead atoms. The van der Waals surface area contributed by atoms with Gasteiger partial charge in [0.25, 0.3) is 0 Å². The molecule has 2 N–H and O–H groups in total. The van der Waals surface area contributed by atoms with E-state index in [4.69, 9.17) is 4.74 Å². The Morgan fingerprint density at radius 2 is 1.83 bits per heavy atom. The number of hydrogen-bond acceptors (Lipinski definition) is 3. The van der Waals surface area contributed by atoms with Gasteiger partial charge in [0.2, 0.25) is 0 Å². The van der Waals surface area contributed by atoms with Crippen molar-refractivity contribution in [1.29, 1.82) is 0 Å². The number of nitrogens with one attached hydrogen (secondary N) is 1. The first-order chi connectivity index (χ1) is 8.69. The smallest absolute Gasteiger partial charge is 0.150 e. The number of benzene rings is 2. The summed E-state index contributed by atoms with van der Waals surface area (Å²) in [4.78, 5) is 0. The van der Waals surface area contributed by atoms with Crippen molar-refractivity contribution in [2.24, 2.45) is 0 Å². The zero-order valence-corrected chi connectivity index (χ0v) is 10.6. The van der Waals surface area contributed by atoms with Crippen molar-refractivity contribution in [3.05, 3.63) is 59.7 Å². The van der Waals surface area contributed by atoms with Gasteiger partial charge < -0.3 is 15.2 Å². The fourth-order valence-corrected chi connectivity index (χ4v) is 1.77. The van der Waals surface area contributed by atoms with Crippen molar-refractivity contribution in [1.82, 2.24) is 0 Å². The highest BCUT2D eigenvalue weighted by atomic mass is 16.5. The summed E-state index contributed by atoms with van der Waals surface area (Å²) in [5, 5.41) is 13.1. The van der Waals surface area contributed by atoms with Crippen molar-refractivity contribution in [3.63, 3.8) is 0 Å². The van der Waals surface area contributed by atoms with Crippen LogP contribution in [0.15, 0.2) is 48.5 Å². The molecule has 1 atom stereocenters. The SMILES string of the molecule is COc1ccc(NC(O)c2cccc(C)c2)cc1. The molecule has 0 amide bonds. The zero-order chi connectivity index (χ0) is 13.0. The van der Waals surface area contributed by atoms with Crippen LogP contribution in [-0.4, -0.2) is 12.2 Å². The third-order valence-corrected chi connectivity index (χ3v) is 2.75. The summed E-state index contributed by atoms with van der Waals surface area (Å²) in [6.45, 7) is 2.00. The lowest BCUT2D eigenvalue weighted by atomic mass is 10.1. The summed E-state index contributed by atoms with van der Waals surface area (Å²) < 4.78 is 5.08. The van der Waals surface area contributed by atoms with E-state index in [-0.39, 0.29) is 0 Å². The van der Waals surface area contributed by atoms with Gasteiger partial charge in [0.05, 0.1) is 7.11 Å². The lowest BCUT2D eigenvalue weighted by molar-refractivity contribution is 0.208. The molecule has 18 heavy (non-hydrogen) atoms. The Bertz CT molecular complexity index is 508. The molecular weight excluding hydrogens is 226 g/mol. The Morgan fingerprint density at radius 1 is 1.11 bits per heavy atom. The number of methoxy groups -OCH3 is 1. The van der Waals surface area contributed by atoms with Crippen molar-refractivity contribution in [2.45, 2.75) is 13.2 Å². The van der Waals surface area contributed by atoms with Crippen LogP contribution < -0.4 is 10.1 Å². The maximum absolute atomic E-state index is 10.1. The second kappa shape index (κ2) is 5.56. The average molecular weight is 243 g/mol. The van der Waals surface area contributed by atoms with Crippen LogP contribution in [0.4, 0.5) is 5.69 Å². The summed E-state index contributed by atoms with van der Waals surface area (Å²) >= 11 is 0. The molecule has 0 saturated carbocycles. The predicted octanol–water partition coefficient (Wildman–Crippen LogP) is 3.11. The van der Waals surface area contributed by atoms with Crippen molar-refractivity contribution in [2.75, 3.05) is 12.4 Å². The van der Waals surface area contributed by atoms with E-state index >= 15 is 0 Å².